The molecule has 3 heterocycles. The van der Waals surface area contributed by atoms with Crippen molar-refractivity contribution < 1.29 is 9.53 Å². The van der Waals surface area contributed by atoms with Gasteiger partial charge in [-0.15, -0.1) is 12.4 Å². The maximum Gasteiger partial charge on any atom is 0.262 e. The zero-order valence-corrected chi connectivity index (χ0v) is 17.9. The third-order valence-electron chi connectivity index (χ3n) is 5.88. The summed E-state index contributed by atoms with van der Waals surface area (Å²) in [6.45, 7) is 7.44. The number of aromatic amines is 1. The molecule has 2 aliphatic rings. The number of carbonyl (C=O) groups is 1. The van der Waals surface area contributed by atoms with Crippen molar-refractivity contribution in [1.82, 2.24) is 9.88 Å². The molecule has 7 heteroatoms. The van der Waals surface area contributed by atoms with Crippen molar-refractivity contribution in [2.45, 2.75) is 13.3 Å². The zero-order valence-electron chi connectivity index (χ0n) is 17.1. The van der Waals surface area contributed by atoms with Gasteiger partial charge >= 0.3 is 0 Å². The summed E-state index contributed by atoms with van der Waals surface area (Å²) in [7, 11) is 0. The number of anilines is 2. The van der Waals surface area contributed by atoms with Gasteiger partial charge in [-0.3, -0.25) is 9.69 Å². The number of benzene rings is 2. The maximum atomic E-state index is 11.5. The van der Waals surface area contributed by atoms with Crippen LogP contribution in [0, 0.1) is 6.92 Å². The summed E-state index contributed by atoms with van der Waals surface area (Å²) in [5.41, 5.74) is 5.77. The number of carbonyl (C=O) groups excluding carboxylic acids is 1. The number of amides is 1. The van der Waals surface area contributed by atoms with Gasteiger partial charge in [-0.05, 0) is 49.2 Å². The Morgan fingerprint density at radius 1 is 1.07 bits per heavy atom. The minimum Gasteiger partial charge on any atom is -0.482 e. The standard InChI is InChI=1S/C23H26N4O2.ClH/c1-16-13-18-19(24-16)3-2-4-21(18)27-11-9-26(10-12-27)8-7-17-5-6-22-20(14-17)25-23(28)15-29-22;/h2-6,13-14,24H,7-12,15H2,1H3,(H,25,28);1H. The zero-order chi connectivity index (χ0) is 19.8. The van der Waals surface area contributed by atoms with E-state index in [0.717, 1.165) is 50.6 Å². The monoisotopic (exact) mass is 426 g/mol. The number of nitrogens with zero attached hydrogens (tertiary/aromatic N) is 2. The highest BCUT2D eigenvalue weighted by molar-refractivity contribution is 5.95. The summed E-state index contributed by atoms with van der Waals surface area (Å²) in [6, 6.07) is 14.9. The van der Waals surface area contributed by atoms with E-state index in [1.54, 1.807) is 0 Å². The summed E-state index contributed by atoms with van der Waals surface area (Å²) in [6.07, 6.45) is 0.968. The van der Waals surface area contributed by atoms with Gasteiger partial charge in [0.1, 0.15) is 5.75 Å². The molecule has 6 nitrogen and oxygen atoms in total. The summed E-state index contributed by atoms with van der Waals surface area (Å²) in [4.78, 5) is 20.0. The molecule has 1 fully saturated rings. The molecule has 0 unspecified atom stereocenters. The third-order valence-corrected chi connectivity index (χ3v) is 5.88. The number of fused-ring (bicyclic) bond motifs is 2. The van der Waals surface area contributed by atoms with Gasteiger partial charge in [0.2, 0.25) is 0 Å². The van der Waals surface area contributed by atoms with Crippen molar-refractivity contribution in [1.29, 1.82) is 0 Å². The first kappa shape index (κ1) is 20.6. The molecule has 5 rings (SSSR count). The van der Waals surface area contributed by atoms with Crippen molar-refractivity contribution in [3.63, 3.8) is 0 Å². The highest BCUT2D eigenvalue weighted by atomic mass is 35.5. The number of piperazine rings is 1. The molecule has 1 saturated heterocycles. The molecule has 0 radical (unpaired) electrons. The van der Waals surface area contributed by atoms with Crippen LogP contribution < -0.4 is 15.0 Å². The van der Waals surface area contributed by atoms with Crippen molar-refractivity contribution >= 4 is 40.6 Å². The smallest absolute Gasteiger partial charge is 0.262 e. The second kappa shape index (κ2) is 8.58. The van der Waals surface area contributed by atoms with Crippen molar-refractivity contribution in [3.8, 4) is 5.75 Å². The molecule has 0 aliphatic carbocycles. The number of H-pyrrole nitrogens is 1. The first-order chi connectivity index (χ1) is 14.2. The molecule has 0 bridgehead atoms. The third kappa shape index (κ3) is 4.11. The van der Waals surface area contributed by atoms with E-state index in [9.17, 15) is 4.79 Å². The predicted molar refractivity (Wildman–Crippen MR) is 123 cm³/mol. The van der Waals surface area contributed by atoms with Crippen LogP contribution in [0.2, 0.25) is 0 Å². The van der Waals surface area contributed by atoms with Crippen molar-refractivity contribution in [2.75, 3.05) is 49.5 Å². The average molecular weight is 427 g/mol. The Balaban J connectivity index is 0.00000218. The quantitative estimate of drug-likeness (QED) is 0.669. The van der Waals surface area contributed by atoms with Crippen LogP contribution in [0.5, 0.6) is 5.75 Å². The number of halogens is 1. The normalized spacial score (nSPS) is 16.6. The maximum absolute atomic E-state index is 11.5. The lowest BCUT2D eigenvalue weighted by Gasteiger charge is -2.36. The molecule has 0 saturated carbocycles. The van der Waals surface area contributed by atoms with Crippen LogP contribution in [-0.2, 0) is 11.2 Å². The SMILES string of the molecule is Cc1cc2c(N3CCN(CCc4ccc5c(c4)NC(=O)CO5)CC3)cccc2[nH]1.Cl. The molecule has 2 aromatic carbocycles. The number of hydrogen-bond donors (Lipinski definition) is 2. The van der Waals surface area contributed by atoms with E-state index in [1.807, 2.05) is 12.1 Å². The Kier molecular flexibility index (Phi) is 5.88. The fourth-order valence-electron chi connectivity index (χ4n) is 4.34. The lowest BCUT2D eigenvalue weighted by atomic mass is 10.1. The van der Waals surface area contributed by atoms with Gasteiger partial charge in [-0.25, -0.2) is 0 Å². The van der Waals surface area contributed by atoms with Crippen LogP contribution in [0.4, 0.5) is 11.4 Å². The van der Waals surface area contributed by atoms with E-state index in [2.05, 4.69) is 57.4 Å². The van der Waals surface area contributed by atoms with Crippen molar-refractivity contribution in [3.05, 3.63) is 53.7 Å². The Bertz CT molecular complexity index is 1060. The number of hydrogen-bond acceptors (Lipinski definition) is 4. The van der Waals surface area contributed by atoms with Gasteiger partial charge in [0, 0.05) is 55.0 Å². The van der Waals surface area contributed by atoms with Crippen LogP contribution in [0.25, 0.3) is 10.9 Å². The molecule has 2 aliphatic heterocycles. The van der Waals surface area contributed by atoms with Gasteiger partial charge in [0.15, 0.2) is 6.61 Å². The minimum atomic E-state index is -0.0848. The van der Waals surface area contributed by atoms with E-state index in [4.69, 9.17) is 4.74 Å². The lowest BCUT2D eigenvalue weighted by molar-refractivity contribution is -0.118. The second-order valence-corrected chi connectivity index (χ2v) is 7.94. The predicted octanol–water partition coefficient (Wildman–Crippen LogP) is 3.59. The highest BCUT2D eigenvalue weighted by Gasteiger charge is 2.20. The molecule has 1 aromatic heterocycles. The van der Waals surface area contributed by atoms with Gasteiger partial charge in [0.05, 0.1) is 5.69 Å². The van der Waals surface area contributed by atoms with E-state index in [1.165, 1.54) is 27.8 Å². The molecule has 3 aromatic rings. The average Bonchev–Trinajstić information content (AvgIpc) is 3.12. The summed E-state index contributed by atoms with van der Waals surface area (Å²) >= 11 is 0. The Morgan fingerprint density at radius 3 is 2.73 bits per heavy atom. The number of aromatic nitrogens is 1. The fraction of sp³-hybridized carbons (Fsp3) is 0.348. The Hall–Kier alpha value is -2.70. The molecular weight excluding hydrogens is 400 g/mol. The lowest BCUT2D eigenvalue weighted by Crippen LogP contribution is -2.47. The number of rotatable bonds is 4. The van der Waals surface area contributed by atoms with Crippen LogP contribution in [0.3, 0.4) is 0 Å². The van der Waals surface area contributed by atoms with Crippen LogP contribution >= 0.6 is 12.4 Å². The Labute approximate surface area is 182 Å². The highest BCUT2D eigenvalue weighted by Crippen LogP contribution is 2.30. The molecule has 0 atom stereocenters. The van der Waals surface area contributed by atoms with E-state index in [0.29, 0.717) is 0 Å². The molecular formula is C23H27ClN4O2. The number of aryl methyl sites for hydroxylation is 1. The van der Waals surface area contributed by atoms with Gasteiger partial charge < -0.3 is 19.9 Å². The van der Waals surface area contributed by atoms with Crippen molar-refractivity contribution in [2.24, 2.45) is 0 Å². The summed E-state index contributed by atoms with van der Waals surface area (Å²) in [5.74, 6) is 0.676. The van der Waals surface area contributed by atoms with Crippen LogP contribution in [0.15, 0.2) is 42.5 Å². The first-order valence-electron chi connectivity index (χ1n) is 10.3. The van der Waals surface area contributed by atoms with Gasteiger partial charge in [0.25, 0.3) is 5.91 Å². The number of nitrogens with one attached hydrogen (secondary N) is 2. The van der Waals surface area contributed by atoms with Crippen LogP contribution in [0.1, 0.15) is 11.3 Å². The van der Waals surface area contributed by atoms with Crippen LogP contribution in [-0.4, -0.2) is 55.1 Å². The summed E-state index contributed by atoms with van der Waals surface area (Å²) < 4.78 is 5.44. The second-order valence-electron chi connectivity index (χ2n) is 7.94. The minimum absolute atomic E-state index is 0. The molecule has 158 valence electrons. The first-order valence-corrected chi connectivity index (χ1v) is 10.3. The van der Waals surface area contributed by atoms with E-state index < -0.39 is 0 Å². The Morgan fingerprint density at radius 2 is 1.90 bits per heavy atom. The van der Waals surface area contributed by atoms with E-state index in [-0.39, 0.29) is 24.9 Å². The van der Waals surface area contributed by atoms with Gasteiger partial charge in [-0.2, -0.15) is 0 Å². The largest absolute Gasteiger partial charge is 0.482 e. The summed E-state index contributed by atoms with van der Waals surface area (Å²) in [5, 5.41) is 4.21. The fourth-order valence-corrected chi connectivity index (χ4v) is 4.34. The molecule has 2 N–H and O–H groups in total. The molecule has 0 spiro atoms. The molecule has 1 amide bonds. The molecule has 30 heavy (non-hydrogen) atoms. The van der Waals surface area contributed by atoms with Gasteiger partial charge in [-0.1, -0.05) is 12.1 Å². The number of ether oxygens (including phenoxy) is 1. The van der Waals surface area contributed by atoms with E-state index >= 15 is 0 Å². The topological polar surface area (TPSA) is 60.6 Å².